The third kappa shape index (κ3) is 2.25. The van der Waals surface area contributed by atoms with Gasteiger partial charge in [-0.15, -0.1) is 0 Å². The molecular weight excluding hydrogens is 324 g/mol. The zero-order valence-corrected chi connectivity index (χ0v) is 13.6. The maximum Gasteiger partial charge on any atom is 0.338 e. The number of halogens is 1. The molecule has 0 spiro atoms. The molecule has 0 radical (unpaired) electrons. The second-order valence-corrected chi connectivity index (χ2v) is 5.89. The normalized spacial score (nSPS) is 11.1. The van der Waals surface area contributed by atoms with Crippen LogP contribution in [0.1, 0.15) is 10.4 Å². The average molecular weight is 337 g/mol. The summed E-state index contributed by atoms with van der Waals surface area (Å²) >= 11 is 6.07. The van der Waals surface area contributed by atoms with Gasteiger partial charge in [-0.2, -0.15) is 0 Å². The summed E-state index contributed by atoms with van der Waals surface area (Å²) in [5.74, 6) is -0.419. The standard InChI is InChI=1S/C20H13ClO3/c1-23-20(22)16-11-12(21)9-10-13(16)14-6-4-8-18-19(14)15-5-2-3-7-17(15)24-18/h2-11H,1H3. The molecule has 0 aliphatic heterocycles. The second kappa shape index (κ2) is 5.69. The van der Waals surface area contributed by atoms with E-state index < -0.39 is 5.97 Å². The van der Waals surface area contributed by atoms with E-state index >= 15 is 0 Å². The van der Waals surface area contributed by atoms with Gasteiger partial charge in [-0.25, -0.2) is 4.79 Å². The van der Waals surface area contributed by atoms with Gasteiger partial charge in [0.1, 0.15) is 11.2 Å². The van der Waals surface area contributed by atoms with Crippen LogP contribution in [0.4, 0.5) is 0 Å². The molecule has 0 N–H and O–H groups in total. The molecule has 4 aromatic rings. The Morgan fingerprint density at radius 1 is 0.958 bits per heavy atom. The summed E-state index contributed by atoms with van der Waals surface area (Å²) < 4.78 is 10.8. The molecule has 1 heterocycles. The molecule has 4 heteroatoms. The van der Waals surface area contributed by atoms with E-state index in [1.54, 1.807) is 12.1 Å². The number of esters is 1. The summed E-state index contributed by atoms with van der Waals surface area (Å²) in [7, 11) is 1.36. The number of rotatable bonds is 2. The van der Waals surface area contributed by atoms with Gasteiger partial charge in [0, 0.05) is 15.8 Å². The molecule has 0 saturated heterocycles. The number of furan rings is 1. The van der Waals surface area contributed by atoms with E-state index in [9.17, 15) is 4.79 Å². The van der Waals surface area contributed by atoms with Crippen molar-refractivity contribution in [1.82, 2.24) is 0 Å². The monoisotopic (exact) mass is 336 g/mol. The first kappa shape index (κ1) is 14.8. The minimum absolute atomic E-state index is 0.419. The maximum absolute atomic E-state index is 12.2. The number of carbonyl (C=O) groups is 1. The summed E-state index contributed by atoms with van der Waals surface area (Å²) in [6.07, 6.45) is 0. The fourth-order valence-electron chi connectivity index (χ4n) is 3.03. The van der Waals surface area contributed by atoms with E-state index in [1.165, 1.54) is 7.11 Å². The van der Waals surface area contributed by atoms with Crippen LogP contribution in [0.5, 0.6) is 0 Å². The molecule has 118 valence electrons. The summed E-state index contributed by atoms with van der Waals surface area (Å²) in [4.78, 5) is 12.2. The Kier molecular flexibility index (Phi) is 3.51. The van der Waals surface area contributed by atoms with Crippen LogP contribution in [0, 0.1) is 0 Å². The Hall–Kier alpha value is -2.78. The quantitative estimate of drug-likeness (QED) is 0.441. The lowest BCUT2D eigenvalue weighted by Gasteiger charge is -2.10. The highest BCUT2D eigenvalue weighted by molar-refractivity contribution is 6.31. The lowest BCUT2D eigenvalue weighted by Crippen LogP contribution is -2.03. The van der Waals surface area contributed by atoms with Crippen molar-refractivity contribution in [2.75, 3.05) is 7.11 Å². The molecule has 0 unspecified atom stereocenters. The Morgan fingerprint density at radius 3 is 2.58 bits per heavy atom. The molecule has 0 saturated carbocycles. The average Bonchev–Trinajstić information content (AvgIpc) is 2.99. The molecule has 24 heavy (non-hydrogen) atoms. The molecular formula is C20H13ClO3. The van der Waals surface area contributed by atoms with Crippen LogP contribution < -0.4 is 0 Å². The number of hydrogen-bond acceptors (Lipinski definition) is 3. The van der Waals surface area contributed by atoms with Crippen LogP contribution in [-0.4, -0.2) is 13.1 Å². The molecule has 0 aliphatic carbocycles. The van der Waals surface area contributed by atoms with E-state index in [-0.39, 0.29) is 0 Å². The first-order valence-corrected chi connectivity index (χ1v) is 7.85. The van der Waals surface area contributed by atoms with Crippen molar-refractivity contribution < 1.29 is 13.9 Å². The Morgan fingerprint density at radius 2 is 1.75 bits per heavy atom. The van der Waals surface area contributed by atoms with Crippen LogP contribution in [0.25, 0.3) is 33.1 Å². The van der Waals surface area contributed by atoms with Crippen molar-refractivity contribution in [3.63, 3.8) is 0 Å². The van der Waals surface area contributed by atoms with Crippen molar-refractivity contribution in [2.24, 2.45) is 0 Å². The Balaban J connectivity index is 2.09. The maximum atomic E-state index is 12.2. The summed E-state index contributed by atoms with van der Waals surface area (Å²) in [6, 6.07) is 18.9. The number of methoxy groups -OCH3 is 1. The molecule has 3 aromatic carbocycles. The van der Waals surface area contributed by atoms with Crippen molar-refractivity contribution in [3.8, 4) is 11.1 Å². The van der Waals surface area contributed by atoms with Crippen LogP contribution in [-0.2, 0) is 4.74 Å². The van der Waals surface area contributed by atoms with Gasteiger partial charge in [0.15, 0.2) is 0 Å². The first-order valence-electron chi connectivity index (χ1n) is 7.47. The van der Waals surface area contributed by atoms with Crippen LogP contribution in [0.3, 0.4) is 0 Å². The molecule has 0 amide bonds. The smallest absolute Gasteiger partial charge is 0.338 e. The highest BCUT2D eigenvalue weighted by Crippen LogP contribution is 2.38. The number of carbonyl (C=O) groups excluding carboxylic acids is 1. The lowest BCUT2D eigenvalue weighted by atomic mass is 9.95. The third-order valence-corrected chi connectivity index (χ3v) is 4.31. The molecule has 0 aliphatic rings. The number of benzene rings is 3. The van der Waals surface area contributed by atoms with Gasteiger partial charge in [-0.1, -0.05) is 48.0 Å². The number of hydrogen-bond donors (Lipinski definition) is 0. The molecule has 0 bridgehead atoms. The molecule has 0 fully saturated rings. The van der Waals surface area contributed by atoms with Crippen molar-refractivity contribution >= 4 is 39.5 Å². The Labute approximate surface area is 143 Å². The van der Waals surface area contributed by atoms with E-state index in [0.29, 0.717) is 10.6 Å². The highest BCUT2D eigenvalue weighted by Gasteiger charge is 2.18. The van der Waals surface area contributed by atoms with Gasteiger partial charge in [-0.05, 0) is 35.4 Å². The minimum Gasteiger partial charge on any atom is -0.465 e. The van der Waals surface area contributed by atoms with Crippen molar-refractivity contribution in [3.05, 3.63) is 71.2 Å². The largest absolute Gasteiger partial charge is 0.465 e. The predicted octanol–water partition coefficient (Wildman–Crippen LogP) is 5.69. The predicted molar refractivity (Wildman–Crippen MR) is 95.5 cm³/mol. The molecule has 0 atom stereocenters. The zero-order chi connectivity index (χ0) is 16.7. The van der Waals surface area contributed by atoms with Crippen molar-refractivity contribution in [2.45, 2.75) is 0 Å². The zero-order valence-electron chi connectivity index (χ0n) is 12.9. The summed E-state index contributed by atoms with van der Waals surface area (Å²) in [5.41, 5.74) is 3.70. The SMILES string of the molecule is COC(=O)c1cc(Cl)ccc1-c1cccc2oc3ccccc3c12. The van der Waals surface area contributed by atoms with E-state index in [2.05, 4.69) is 0 Å². The Bertz CT molecular complexity index is 1080. The van der Waals surface area contributed by atoms with E-state index in [4.69, 9.17) is 20.8 Å². The van der Waals surface area contributed by atoms with Crippen LogP contribution in [0.2, 0.25) is 5.02 Å². The minimum atomic E-state index is -0.419. The van der Waals surface area contributed by atoms with Crippen molar-refractivity contribution in [1.29, 1.82) is 0 Å². The number of fused-ring (bicyclic) bond motifs is 3. The topological polar surface area (TPSA) is 39.4 Å². The lowest BCUT2D eigenvalue weighted by molar-refractivity contribution is 0.0601. The highest BCUT2D eigenvalue weighted by atomic mass is 35.5. The van der Waals surface area contributed by atoms with Crippen LogP contribution in [0.15, 0.2) is 65.1 Å². The fraction of sp³-hybridized carbons (Fsp3) is 0.0500. The number of para-hydroxylation sites is 1. The summed E-state index contributed by atoms with van der Waals surface area (Å²) in [6.45, 7) is 0. The van der Waals surface area contributed by atoms with Gasteiger partial charge in [0.05, 0.1) is 12.7 Å². The third-order valence-electron chi connectivity index (χ3n) is 4.08. The summed E-state index contributed by atoms with van der Waals surface area (Å²) in [5, 5.41) is 2.47. The molecule has 3 nitrogen and oxygen atoms in total. The molecule has 4 rings (SSSR count). The van der Waals surface area contributed by atoms with E-state index in [0.717, 1.165) is 33.1 Å². The molecule has 1 aromatic heterocycles. The van der Waals surface area contributed by atoms with Gasteiger partial charge in [0.2, 0.25) is 0 Å². The van der Waals surface area contributed by atoms with Gasteiger partial charge < -0.3 is 9.15 Å². The van der Waals surface area contributed by atoms with Gasteiger partial charge >= 0.3 is 5.97 Å². The fourth-order valence-corrected chi connectivity index (χ4v) is 3.20. The van der Waals surface area contributed by atoms with Crippen LogP contribution >= 0.6 is 11.6 Å². The first-order chi connectivity index (χ1) is 11.7. The van der Waals surface area contributed by atoms with Gasteiger partial charge in [-0.3, -0.25) is 0 Å². The van der Waals surface area contributed by atoms with E-state index in [1.807, 2.05) is 48.5 Å². The number of ether oxygens (including phenoxy) is 1. The van der Waals surface area contributed by atoms with Gasteiger partial charge in [0.25, 0.3) is 0 Å². The second-order valence-electron chi connectivity index (χ2n) is 5.46.